The molecule has 1 aliphatic rings. The van der Waals surface area contributed by atoms with Gasteiger partial charge in [-0.15, -0.1) is 0 Å². The Morgan fingerprint density at radius 3 is 2.12 bits per heavy atom. The zero-order chi connectivity index (χ0) is 24.0. The van der Waals surface area contributed by atoms with Crippen LogP contribution in [0.5, 0.6) is 17.2 Å². The molecular weight excluding hydrogens is 420 g/mol. The van der Waals surface area contributed by atoms with Gasteiger partial charge >= 0.3 is 0 Å². The summed E-state index contributed by atoms with van der Waals surface area (Å²) in [4.78, 5) is 27.8. The van der Waals surface area contributed by atoms with Gasteiger partial charge in [-0.2, -0.15) is 0 Å². The second-order valence-corrected chi connectivity index (χ2v) is 7.85. The molecule has 0 aliphatic carbocycles. The molecule has 0 unspecified atom stereocenters. The molecular formula is C26H32N2O5. The highest BCUT2D eigenvalue weighted by Gasteiger charge is 2.40. The van der Waals surface area contributed by atoms with Crippen molar-refractivity contribution < 1.29 is 23.8 Å². The lowest BCUT2D eigenvalue weighted by Gasteiger charge is -2.19. The van der Waals surface area contributed by atoms with Crippen molar-refractivity contribution in [3.63, 3.8) is 0 Å². The number of nitrogens with zero attached hydrogens (tertiary/aromatic N) is 1. The fourth-order valence-corrected chi connectivity index (χ4v) is 3.61. The third-order valence-corrected chi connectivity index (χ3v) is 5.06. The van der Waals surface area contributed by atoms with Crippen molar-refractivity contribution in [1.29, 1.82) is 0 Å². The zero-order valence-electron chi connectivity index (χ0n) is 19.9. The number of hydrogen-bond donors (Lipinski definition) is 1. The van der Waals surface area contributed by atoms with Crippen molar-refractivity contribution in [2.24, 2.45) is 0 Å². The van der Waals surface area contributed by atoms with Gasteiger partial charge in [-0.1, -0.05) is 19.1 Å². The summed E-state index contributed by atoms with van der Waals surface area (Å²) in [5.74, 6) is 1.24. The first-order valence-electron chi connectivity index (χ1n) is 11.4. The highest BCUT2D eigenvalue weighted by molar-refractivity contribution is 6.36. The predicted molar refractivity (Wildman–Crippen MR) is 129 cm³/mol. The highest BCUT2D eigenvalue weighted by atomic mass is 16.5. The van der Waals surface area contributed by atoms with Crippen LogP contribution in [0, 0.1) is 0 Å². The molecule has 0 fully saturated rings. The van der Waals surface area contributed by atoms with Crippen LogP contribution in [-0.2, 0) is 9.59 Å². The van der Waals surface area contributed by atoms with Gasteiger partial charge in [-0.05, 0) is 63.9 Å². The number of hydrogen-bond acceptors (Lipinski definition) is 6. The van der Waals surface area contributed by atoms with Crippen LogP contribution in [0.4, 0.5) is 5.69 Å². The minimum Gasteiger partial charge on any atom is -0.494 e. The molecule has 1 N–H and O–H groups in total. The van der Waals surface area contributed by atoms with E-state index in [-0.39, 0.29) is 23.6 Å². The molecule has 1 aliphatic heterocycles. The molecule has 0 bridgehead atoms. The van der Waals surface area contributed by atoms with Crippen LogP contribution in [0.1, 0.15) is 46.6 Å². The average molecular weight is 453 g/mol. The predicted octanol–water partition coefficient (Wildman–Crippen LogP) is 4.87. The molecule has 7 nitrogen and oxygen atoms in total. The molecule has 0 spiro atoms. The second-order valence-electron chi connectivity index (χ2n) is 7.85. The normalized spacial score (nSPS) is 13.7. The van der Waals surface area contributed by atoms with Crippen molar-refractivity contribution in [3.8, 4) is 17.2 Å². The number of rotatable bonds is 11. The minimum absolute atomic E-state index is 0.238. The summed E-state index contributed by atoms with van der Waals surface area (Å²) in [6.45, 7) is 11.1. The van der Waals surface area contributed by atoms with Crippen LogP contribution in [-0.4, -0.2) is 42.6 Å². The van der Waals surface area contributed by atoms with Gasteiger partial charge in [0.2, 0.25) is 0 Å². The number of amides is 2. The summed E-state index contributed by atoms with van der Waals surface area (Å²) in [6, 6.07) is 12.3. The van der Waals surface area contributed by atoms with E-state index in [1.54, 1.807) is 30.3 Å². The zero-order valence-corrected chi connectivity index (χ0v) is 19.9. The van der Waals surface area contributed by atoms with E-state index in [0.717, 1.165) is 12.2 Å². The number of benzene rings is 2. The first-order chi connectivity index (χ1) is 15.9. The van der Waals surface area contributed by atoms with Crippen LogP contribution >= 0.6 is 0 Å². The number of carbonyl (C=O) groups excluding carboxylic acids is 2. The summed E-state index contributed by atoms with van der Waals surface area (Å²) in [6.07, 6.45) is 0.906. The Labute approximate surface area is 195 Å². The van der Waals surface area contributed by atoms with E-state index < -0.39 is 0 Å². The van der Waals surface area contributed by atoms with Crippen LogP contribution in [0.2, 0.25) is 0 Å². The van der Waals surface area contributed by atoms with Crippen molar-refractivity contribution in [2.75, 3.05) is 25.1 Å². The Hall–Kier alpha value is -3.48. The van der Waals surface area contributed by atoms with E-state index in [1.165, 1.54) is 4.90 Å². The lowest BCUT2D eigenvalue weighted by Crippen LogP contribution is -2.38. The average Bonchev–Trinajstić information content (AvgIpc) is 3.04. The Morgan fingerprint density at radius 1 is 0.848 bits per heavy atom. The number of nitrogens with one attached hydrogen (secondary N) is 1. The molecule has 0 radical (unpaired) electrons. The lowest BCUT2D eigenvalue weighted by atomic mass is 10.0. The van der Waals surface area contributed by atoms with Crippen molar-refractivity contribution >= 4 is 23.1 Å². The van der Waals surface area contributed by atoms with E-state index in [9.17, 15) is 9.59 Å². The fourth-order valence-electron chi connectivity index (χ4n) is 3.61. The maximum Gasteiger partial charge on any atom is 0.278 e. The number of carbonyl (C=O) groups is 2. The first-order valence-corrected chi connectivity index (χ1v) is 11.4. The standard InChI is InChI=1S/C26H32N2O5/c1-6-15-33-20-12-9-18(10-13-20)23-24(26(30)28(17(4)5)25(23)29)27-19-11-14-21(31-7-2)22(16-19)32-8-3/h9-14,16-17,27H,6-8,15H2,1-5H3. The smallest absolute Gasteiger partial charge is 0.278 e. The summed E-state index contributed by atoms with van der Waals surface area (Å²) >= 11 is 0. The molecule has 2 amide bonds. The quantitative estimate of drug-likeness (QED) is 0.490. The van der Waals surface area contributed by atoms with Crippen molar-refractivity contribution in [1.82, 2.24) is 4.90 Å². The summed E-state index contributed by atoms with van der Waals surface area (Å²) in [5, 5.41) is 3.17. The molecule has 176 valence electrons. The van der Waals surface area contributed by atoms with E-state index in [2.05, 4.69) is 5.32 Å². The number of imide groups is 1. The molecule has 0 saturated carbocycles. The molecule has 2 aromatic rings. The van der Waals surface area contributed by atoms with E-state index in [1.807, 2.05) is 46.8 Å². The Morgan fingerprint density at radius 2 is 1.52 bits per heavy atom. The second kappa shape index (κ2) is 10.9. The molecule has 0 aromatic heterocycles. The maximum atomic E-state index is 13.3. The molecule has 33 heavy (non-hydrogen) atoms. The van der Waals surface area contributed by atoms with Gasteiger partial charge in [-0.25, -0.2) is 0 Å². The Balaban J connectivity index is 2.01. The molecule has 0 saturated heterocycles. The summed E-state index contributed by atoms with van der Waals surface area (Å²) < 4.78 is 17.0. The first kappa shape index (κ1) is 24.2. The van der Waals surface area contributed by atoms with Gasteiger partial charge < -0.3 is 19.5 Å². The van der Waals surface area contributed by atoms with E-state index in [0.29, 0.717) is 48.1 Å². The van der Waals surface area contributed by atoms with Crippen LogP contribution in [0.25, 0.3) is 5.57 Å². The Kier molecular flexibility index (Phi) is 7.98. The maximum absolute atomic E-state index is 13.3. The summed E-state index contributed by atoms with van der Waals surface area (Å²) in [7, 11) is 0. The van der Waals surface area contributed by atoms with Gasteiger partial charge in [0.05, 0.1) is 25.4 Å². The van der Waals surface area contributed by atoms with Gasteiger partial charge in [-0.3, -0.25) is 14.5 Å². The Bertz CT molecular complexity index is 1030. The molecule has 2 aromatic carbocycles. The number of ether oxygens (including phenoxy) is 3. The fraction of sp³-hybridized carbons (Fsp3) is 0.385. The molecule has 1 heterocycles. The van der Waals surface area contributed by atoms with Crippen LogP contribution in [0.15, 0.2) is 48.2 Å². The van der Waals surface area contributed by atoms with Gasteiger partial charge in [0, 0.05) is 17.8 Å². The monoisotopic (exact) mass is 452 g/mol. The van der Waals surface area contributed by atoms with Crippen LogP contribution in [0.3, 0.4) is 0 Å². The third kappa shape index (κ3) is 5.30. The highest BCUT2D eigenvalue weighted by Crippen LogP contribution is 2.35. The summed E-state index contributed by atoms with van der Waals surface area (Å²) in [5.41, 5.74) is 1.85. The molecule has 7 heteroatoms. The van der Waals surface area contributed by atoms with Crippen molar-refractivity contribution in [3.05, 3.63) is 53.7 Å². The largest absolute Gasteiger partial charge is 0.494 e. The van der Waals surface area contributed by atoms with Gasteiger partial charge in [0.1, 0.15) is 11.4 Å². The lowest BCUT2D eigenvalue weighted by molar-refractivity contribution is -0.138. The topological polar surface area (TPSA) is 77.1 Å². The third-order valence-electron chi connectivity index (χ3n) is 5.06. The SMILES string of the molecule is CCCOc1ccc(C2=C(Nc3ccc(OCC)c(OCC)c3)C(=O)N(C(C)C)C2=O)cc1. The minimum atomic E-state index is -0.358. The van der Waals surface area contributed by atoms with Gasteiger partial charge in [0.15, 0.2) is 11.5 Å². The molecule has 3 rings (SSSR count). The van der Waals surface area contributed by atoms with Crippen molar-refractivity contribution in [2.45, 2.75) is 47.1 Å². The molecule has 0 atom stereocenters. The van der Waals surface area contributed by atoms with E-state index in [4.69, 9.17) is 14.2 Å². The van der Waals surface area contributed by atoms with Gasteiger partial charge in [0.25, 0.3) is 11.8 Å². The number of anilines is 1. The van der Waals surface area contributed by atoms with Crippen LogP contribution < -0.4 is 19.5 Å². The van der Waals surface area contributed by atoms with E-state index >= 15 is 0 Å².